The Morgan fingerprint density at radius 2 is 1.55 bits per heavy atom. The molecule has 0 aliphatic carbocycles. The van der Waals surface area contributed by atoms with Crippen LogP contribution >= 0.6 is 0 Å². The summed E-state index contributed by atoms with van der Waals surface area (Å²) in [5.74, 6) is 0.561. The third kappa shape index (κ3) is 4.75. The third-order valence-corrected chi connectivity index (χ3v) is 5.31. The minimum Gasteiger partial charge on any atom is -0.489 e. The highest BCUT2D eigenvalue weighted by Gasteiger charge is 2.13. The number of amides is 1. The number of fused-ring (bicyclic) bond motifs is 1. The maximum atomic E-state index is 12.6. The fraction of sp³-hybridized carbons (Fsp3) is 0.0741. The quantitative estimate of drug-likeness (QED) is 0.395. The zero-order valence-electron chi connectivity index (χ0n) is 17.9. The summed E-state index contributed by atoms with van der Waals surface area (Å²) in [6, 6.07) is 29.3. The van der Waals surface area contributed by atoms with Crippen LogP contribution in [0.4, 0.5) is 0 Å². The molecule has 0 fully saturated rings. The van der Waals surface area contributed by atoms with Crippen LogP contribution in [0.15, 0.2) is 103 Å². The molecule has 0 saturated carbocycles. The molecule has 2 aromatic heterocycles. The number of benzene rings is 3. The van der Waals surface area contributed by atoms with Crippen molar-refractivity contribution in [2.45, 2.75) is 13.2 Å². The van der Waals surface area contributed by atoms with Crippen LogP contribution in [0.5, 0.6) is 5.75 Å². The molecule has 0 spiro atoms. The Hall–Kier alpha value is -4.45. The van der Waals surface area contributed by atoms with Crippen LogP contribution in [0.1, 0.15) is 21.6 Å². The van der Waals surface area contributed by atoms with Crippen molar-refractivity contribution in [1.29, 1.82) is 0 Å². The van der Waals surface area contributed by atoms with Crippen LogP contribution in [0.25, 0.3) is 16.8 Å². The van der Waals surface area contributed by atoms with Crippen molar-refractivity contribution < 1.29 is 9.53 Å². The molecule has 5 aromatic rings. The van der Waals surface area contributed by atoms with Gasteiger partial charge in [-0.3, -0.25) is 4.79 Å². The molecular weight excluding hydrogens is 412 g/mol. The number of hydrogen-bond donors (Lipinski definition) is 1. The summed E-state index contributed by atoms with van der Waals surface area (Å²) in [7, 11) is 0. The molecule has 0 aliphatic rings. The van der Waals surface area contributed by atoms with Crippen molar-refractivity contribution >= 4 is 11.6 Å². The summed E-state index contributed by atoms with van der Waals surface area (Å²) < 4.78 is 7.55. The maximum absolute atomic E-state index is 12.6. The van der Waals surface area contributed by atoms with Gasteiger partial charge in [0.1, 0.15) is 18.1 Å². The van der Waals surface area contributed by atoms with Gasteiger partial charge >= 0.3 is 0 Å². The molecule has 1 N–H and O–H groups in total. The maximum Gasteiger partial charge on any atom is 0.270 e. The molecule has 3 aromatic carbocycles. The van der Waals surface area contributed by atoms with Crippen LogP contribution in [-0.2, 0) is 13.2 Å². The van der Waals surface area contributed by atoms with Gasteiger partial charge in [0.2, 0.25) is 0 Å². The second-order valence-electron chi connectivity index (χ2n) is 7.61. The zero-order chi connectivity index (χ0) is 22.5. The summed E-state index contributed by atoms with van der Waals surface area (Å²) in [5, 5.41) is 7.30. The van der Waals surface area contributed by atoms with Crippen LogP contribution in [0, 0.1) is 0 Å². The van der Waals surface area contributed by atoms with Crippen molar-refractivity contribution in [2.24, 2.45) is 0 Å². The summed E-state index contributed by atoms with van der Waals surface area (Å²) in [5.41, 5.74) is 4.93. The van der Waals surface area contributed by atoms with Crippen molar-refractivity contribution in [1.82, 2.24) is 19.9 Å². The van der Waals surface area contributed by atoms with Gasteiger partial charge in [-0.15, -0.1) is 0 Å². The SMILES string of the molecule is O=C(NCc1ccccc1)c1ccn2ncc(-c3ccc(OCc4ccccc4)cc3)c2n1. The van der Waals surface area contributed by atoms with Gasteiger partial charge in [0.05, 0.1) is 6.20 Å². The molecule has 0 saturated heterocycles. The monoisotopic (exact) mass is 434 g/mol. The fourth-order valence-corrected chi connectivity index (χ4v) is 3.54. The highest BCUT2D eigenvalue weighted by Crippen LogP contribution is 2.26. The first kappa shape index (κ1) is 20.5. The largest absolute Gasteiger partial charge is 0.489 e. The van der Waals surface area contributed by atoms with E-state index in [4.69, 9.17) is 4.74 Å². The van der Waals surface area contributed by atoms with E-state index in [1.54, 1.807) is 23.0 Å². The number of carbonyl (C=O) groups is 1. The average Bonchev–Trinajstić information content (AvgIpc) is 3.31. The van der Waals surface area contributed by atoms with Gasteiger partial charge in [0, 0.05) is 18.3 Å². The van der Waals surface area contributed by atoms with E-state index in [0.717, 1.165) is 28.0 Å². The molecular formula is C27H22N4O2. The van der Waals surface area contributed by atoms with Crippen LogP contribution in [-0.4, -0.2) is 20.5 Å². The van der Waals surface area contributed by atoms with E-state index < -0.39 is 0 Å². The number of aromatic nitrogens is 3. The lowest BCUT2D eigenvalue weighted by Crippen LogP contribution is -2.24. The Labute approximate surface area is 191 Å². The van der Waals surface area contributed by atoms with Gasteiger partial charge in [0.25, 0.3) is 5.91 Å². The summed E-state index contributed by atoms with van der Waals surface area (Å²) in [6.45, 7) is 0.961. The first-order chi connectivity index (χ1) is 16.3. The number of nitrogens with zero attached hydrogens (tertiary/aromatic N) is 3. The predicted octanol–water partition coefficient (Wildman–Crippen LogP) is 4.91. The lowest BCUT2D eigenvalue weighted by atomic mass is 10.1. The van der Waals surface area contributed by atoms with Gasteiger partial charge in [-0.1, -0.05) is 72.8 Å². The first-order valence-electron chi connectivity index (χ1n) is 10.7. The van der Waals surface area contributed by atoms with Gasteiger partial charge in [-0.25, -0.2) is 9.50 Å². The van der Waals surface area contributed by atoms with E-state index in [2.05, 4.69) is 15.4 Å². The van der Waals surface area contributed by atoms with Gasteiger partial charge < -0.3 is 10.1 Å². The Balaban J connectivity index is 1.31. The normalized spacial score (nSPS) is 10.8. The van der Waals surface area contributed by atoms with E-state index in [1.165, 1.54) is 0 Å². The molecule has 6 nitrogen and oxygen atoms in total. The number of carbonyl (C=O) groups excluding carboxylic acids is 1. The molecule has 0 radical (unpaired) electrons. The second-order valence-corrected chi connectivity index (χ2v) is 7.61. The van der Waals surface area contributed by atoms with Crippen LogP contribution in [0.3, 0.4) is 0 Å². The second kappa shape index (κ2) is 9.36. The lowest BCUT2D eigenvalue weighted by Gasteiger charge is -2.08. The van der Waals surface area contributed by atoms with Crippen LogP contribution in [0.2, 0.25) is 0 Å². The summed E-state index contributed by atoms with van der Waals surface area (Å²) >= 11 is 0. The predicted molar refractivity (Wildman–Crippen MR) is 127 cm³/mol. The molecule has 162 valence electrons. The van der Waals surface area contributed by atoms with E-state index >= 15 is 0 Å². The molecule has 6 heteroatoms. The van der Waals surface area contributed by atoms with Gasteiger partial charge in [-0.05, 0) is 34.9 Å². The van der Waals surface area contributed by atoms with Crippen LogP contribution < -0.4 is 10.1 Å². The van der Waals surface area contributed by atoms with E-state index in [1.807, 2.05) is 84.9 Å². The molecule has 5 rings (SSSR count). The minimum atomic E-state index is -0.224. The highest BCUT2D eigenvalue weighted by molar-refractivity contribution is 5.93. The number of rotatable bonds is 7. The lowest BCUT2D eigenvalue weighted by molar-refractivity contribution is 0.0946. The van der Waals surface area contributed by atoms with Crippen molar-refractivity contribution in [3.63, 3.8) is 0 Å². The molecule has 0 atom stereocenters. The van der Waals surface area contributed by atoms with Gasteiger partial charge in [0.15, 0.2) is 5.65 Å². The zero-order valence-corrected chi connectivity index (χ0v) is 17.9. The fourth-order valence-electron chi connectivity index (χ4n) is 3.54. The Morgan fingerprint density at radius 3 is 2.27 bits per heavy atom. The molecule has 2 heterocycles. The van der Waals surface area contributed by atoms with Crippen molar-refractivity contribution in [3.05, 3.63) is 120 Å². The molecule has 0 unspecified atom stereocenters. The molecule has 33 heavy (non-hydrogen) atoms. The Bertz CT molecular complexity index is 1360. The van der Waals surface area contributed by atoms with E-state index in [9.17, 15) is 4.79 Å². The van der Waals surface area contributed by atoms with Gasteiger partial charge in [-0.2, -0.15) is 5.10 Å². The minimum absolute atomic E-state index is 0.224. The molecule has 0 bridgehead atoms. The third-order valence-electron chi connectivity index (χ3n) is 5.31. The smallest absolute Gasteiger partial charge is 0.270 e. The standard InChI is InChI=1S/C27H22N4O2/c32-27(28-17-20-7-3-1-4-8-20)25-15-16-31-26(30-25)24(18-29-31)22-11-13-23(14-12-22)33-19-21-9-5-2-6-10-21/h1-16,18H,17,19H2,(H,28,32). The summed E-state index contributed by atoms with van der Waals surface area (Å²) in [6.07, 6.45) is 3.51. The van der Waals surface area contributed by atoms with E-state index in [-0.39, 0.29) is 5.91 Å². The highest BCUT2D eigenvalue weighted by atomic mass is 16.5. The van der Waals surface area contributed by atoms with E-state index in [0.29, 0.717) is 24.5 Å². The average molecular weight is 434 g/mol. The van der Waals surface area contributed by atoms with Crippen molar-refractivity contribution in [3.8, 4) is 16.9 Å². The molecule has 1 amide bonds. The summed E-state index contributed by atoms with van der Waals surface area (Å²) in [4.78, 5) is 17.2. The number of ether oxygens (including phenoxy) is 1. The number of hydrogen-bond acceptors (Lipinski definition) is 4. The Kier molecular flexibility index (Phi) is 5.80. The van der Waals surface area contributed by atoms with Crippen molar-refractivity contribution in [2.75, 3.05) is 0 Å². The molecule has 0 aliphatic heterocycles. The number of nitrogens with one attached hydrogen (secondary N) is 1. The Morgan fingerprint density at radius 1 is 0.848 bits per heavy atom. The first-order valence-corrected chi connectivity index (χ1v) is 10.7. The topological polar surface area (TPSA) is 68.5 Å².